The monoisotopic (exact) mass is 750 g/mol. The molecule has 0 heterocycles. The van der Waals surface area contributed by atoms with Crippen molar-refractivity contribution in [3.8, 4) is 0 Å². The Hall–Kier alpha value is -3.61. The van der Waals surface area contributed by atoms with Crippen LogP contribution in [-0.4, -0.2) is 47.7 Å². The van der Waals surface area contributed by atoms with Crippen LogP contribution in [-0.2, 0) is 9.59 Å². The van der Waals surface area contributed by atoms with E-state index in [1.165, 1.54) is 50.5 Å². The maximum Gasteiger partial charge on any atom is 0.335 e. The molecule has 7 nitrogen and oxygen atoms in total. The average Bonchev–Trinajstić information content (AvgIpc) is 3.53. The van der Waals surface area contributed by atoms with Crippen molar-refractivity contribution in [2.24, 2.45) is 56.7 Å². The van der Waals surface area contributed by atoms with E-state index in [-0.39, 0.29) is 39.5 Å². The molecular weight excluding hydrogens is 685 g/mol. The van der Waals surface area contributed by atoms with Crippen molar-refractivity contribution in [3.63, 3.8) is 0 Å². The highest BCUT2D eigenvalue weighted by atomic mass is 16.4. The lowest BCUT2D eigenvalue weighted by atomic mass is 9.32. The molecule has 0 aliphatic heterocycles. The Morgan fingerprint density at radius 3 is 2.22 bits per heavy atom. The molecule has 0 spiro atoms. The van der Waals surface area contributed by atoms with E-state index in [0.717, 1.165) is 43.4 Å². The molecule has 2 aromatic rings. The quantitative estimate of drug-likeness (QED) is 0.199. The number of carboxylic acids is 2. The van der Waals surface area contributed by atoms with Gasteiger partial charge in [0, 0.05) is 18.8 Å². The van der Waals surface area contributed by atoms with Crippen LogP contribution in [0.4, 0.5) is 5.69 Å². The fourth-order valence-electron chi connectivity index (χ4n) is 14.4. The molecule has 7 heteroatoms. The van der Waals surface area contributed by atoms with Gasteiger partial charge >= 0.3 is 11.9 Å². The summed E-state index contributed by atoms with van der Waals surface area (Å²) in [6, 6.07) is 17.2. The van der Waals surface area contributed by atoms with Gasteiger partial charge in [0.15, 0.2) is 0 Å². The SMILES string of the molecule is CCCCC1CCC2(C(=O)NCCN(CC(=O)O)c3ccccc3)CCC3(C)C(CCC4C5(C)CC=C(c6ccc(C(=O)O)cc6)C(C)(C)C5CCC43C)C12. The van der Waals surface area contributed by atoms with E-state index < -0.39 is 11.9 Å². The van der Waals surface area contributed by atoms with E-state index in [0.29, 0.717) is 48.2 Å². The zero-order valence-corrected chi connectivity index (χ0v) is 34.3. The highest BCUT2D eigenvalue weighted by Crippen LogP contribution is 2.77. The number of carbonyl (C=O) groups is 3. The first-order chi connectivity index (χ1) is 26.1. The summed E-state index contributed by atoms with van der Waals surface area (Å²) in [5.41, 5.74) is 3.82. The molecule has 9 atom stereocenters. The summed E-state index contributed by atoms with van der Waals surface area (Å²) in [7, 11) is 0. The molecule has 0 saturated heterocycles. The fourth-order valence-corrected chi connectivity index (χ4v) is 14.4. The number of anilines is 1. The number of aromatic carboxylic acids is 1. The summed E-state index contributed by atoms with van der Waals surface area (Å²) in [5.74, 6) is 1.06. The number of rotatable bonds is 12. The lowest BCUT2D eigenvalue weighted by Crippen LogP contribution is -2.66. The zero-order valence-electron chi connectivity index (χ0n) is 34.3. The molecule has 55 heavy (non-hydrogen) atoms. The van der Waals surface area contributed by atoms with Crippen molar-refractivity contribution in [1.29, 1.82) is 0 Å². The van der Waals surface area contributed by atoms with Crippen molar-refractivity contribution in [2.45, 2.75) is 119 Å². The van der Waals surface area contributed by atoms with Crippen molar-refractivity contribution in [2.75, 3.05) is 24.5 Å². The number of unbranched alkanes of at least 4 members (excludes halogenated alkanes) is 1. The van der Waals surface area contributed by atoms with E-state index in [2.05, 4.69) is 52.9 Å². The van der Waals surface area contributed by atoms with Crippen molar-refractivity contribution >= 4 is 29.1 Å². The lowest BCUT2D eigenvalue weighted by molar-refractivity contribution is -0.226. The molecule has 5 aliphatic carbocycles. The molecule has 9 unspecified atom stereocenters. The summed E-state index contributed by atoms with van der Waals surface area (Å²) in [6.07, 6.45) is 16.1. The van der Waals surface area contributed by atoms with Gasteiger partial charge in [-0.25, -0.2) is 4.79 Å². The Labute approximate surface area is 329 Å². The van der Waals surface area contributed by atoms with Gasteiger partial charge < -0.3 is 20.4 Å². The average molecular weight is 751 g/mol. The van der Waals surface area contributed by atoms with Crippen LogP contribution >= 0.6 is 0 Å². The summed E-state index contributed by atoms with van der Waals surface area (Å²) in [5, 5.41) is 22.6. The maximum absolute atomic E-state index is 14.7. The Bertz CT molecular complexity index is 1790. The topological polar surface area (TPSA) is 107 Å². The van der Waals surface area contributed by atoms with Gasteiger partial charge in [0.25, 0.3) is 0 Å². The standard InChI is InChI=1S/C48H66N2O5/c1-7-8-12-33-21-26-48(43(55)49-29-30-50(31-40(51)52)35-13-10-9-11-14-35)28-27-46(5)37(41(33)48)19-20-39-45(4)24-22-36(32-15-17-34(18-16-32)42(53)54)44(2,3)38(45)23-25-47(39,46)6/h9-11,13-18,22,33,37-39,41H,7-8,12,19-21,23-31H2,1-6H3,(H,49,55)(H,51,52)(H,53,54). The van der Waals surface area contributed by atoms with E-state index in [4.69, 9.17) is 0 Å². The van der Waals surface area contributed by atoms with Crippen LogP contribution in [0.2, 0.25) is 0 Å². The molecule has 3 N–H and O–H groups in total. The van der Waals surface area contributed by atoms with E-state index in [9.17, 15) is 24.6 Å². The molecule has 0 radical (unpaired) electrons. The molecule has 2 aromatic carbocycles. The highest BCUT2D eigenvalue weighted by molar-refractivity contribution is 5.88. The second-order valence-corrected chi connectivity index (χ2v) is 19.6. The minimum Gasteiger partial charge on any atom is -0.480 e. The highest BCUT2D eigenvalue weighted by Gasteiger charge is 2.71. The predicted molar refractivity (Wildman–Crippen MR) is 220 cm³/mol. The number of nitrogens with one attached hydrogen (secondary N) is 1. The van der Waals surface area contributed by atoms with Crippen molar-refractivity contribution in [3.05, 3.63) is 71.8 Å². The van der Waals surface area contributed by atoms with Gasteiger partial charge in [0.2, 0.25) is 5.91 Å². The molecule has 0 bridgehead atoms. The van der Waals surface area contributed by atoms with Crippen LogP contribution in [0.5, 0.6) is 0 Å². The molecule has 4 fully saturated rings. The number of carbonyl (C=O) groups excluding carboxylic acids is 1. The van der Waals surface area contributed by atoms with Gasteiger partial charge in [-0.15, -0.1) is 0 Å². The second kappa shape index (κ2) is 14.7. The Morgan fingerprint density at radius 2 is 1.55 bits per heavy atom. The third-order valence-corrected chi connectivity index (χ3v) is 17.1. The lowest BCUT2D eigenvalue weighted by Gasteiger charge is -2.72. The van der Waals surface area contributed by atoms with Gasteiger partial charge in [-0.1, -0.05) is 97.2 Å². The second-order valence-electron chi connectivity index (χ2n) is 19.6. The number of fused-ring (bicyclic) bond motifs is 7. The molecule has 7 rings (SSSR count). The Kier molecular flexibility index (Phi) is 10.6. The van der Waals surface area contributed by atoms with Gasteiger partial charge in [-0.2, -0.15) is 0 Å². The zero-order chi connectivity index (χ0) is 39.4. The first-order valence-corrected chi connectivity index (χ1v) is 21.5. The van der Waals surface area contributed by atoms with Gasteiger partial charge in [0.05, 0.1) is 11.0 Å². The third-order valence-electron chi connectivity index (χ3n) is 17.1. The van der Waals surface area contributed by atoms with Crippen LogP contribution in [0.1, 0.15) is 135 Å². The van der Waals surface area contributed by atoms with Crippen LogP contribution < -0.4 is 10.2 Å². The van der Waals surface area contributed by atoms with Crippen LogP contribution in [0.25, 0.3) is 5.57 Å². The smallest absolute Gasteiger partial charge is 0.335 e. The number of benzene rings is 2. The summed E-state index contributed by atoms with van der Waals surface area (Å²) in [4.78, 5) is 40.0. The van der Waals surface area contributed by atoms with Gasteiger partial charge in [-0.05, 0) is 144 Å². The number of amides is 1. The molecule has 1 amide bonds. The summed E-state index contributed by atoms with van der Waals surface area (Å²) in [6.45, 7) is 15.9. The van der Waals surface area contributed by atoms with Gasteiger partial charge in [0.1, 0.15) is 6.54 Å². The molecule has 4 saturated carbocycles. The normalized spacial score (nSPS) is 36.0. The molecule has 0 aromatic heterocycles. The maximum atomic E-state index is 14.7. The van der Waals surface area contributed by atoms with Crippen LogP contribution in [0.3, 0.4) is 0 Å². The Morgan fingerprint density at radius 1 is 0.818 bits per heavy atom. The number of para-hydroxylation sites is 1. The number of carboxylic acid groups (broad SMARTS) is 2. The van der Waals surface area contributed by atoms with Crippen LogP contribution in [0, 0.1) is 56.7 Å². The minimum absolute atomic E-state index is 0.0338. The first-order valence-electron chi connectivity index (χ1n) is 21.5. The minimum atomic E-state index is -0.885. The Balaban J connectivity index is 1.15. The van der Waals surface area contributed by atoms with Crippen LogP contribution in [0.15, 0.2) is 60.7 Å². The fraction of sp³-hybridized carbons (Fsp3) is 0.646. The third kappa shape index (κ3) is 6.44. The number of allylic oxidation sites excluding steroid dienone is 2. The molecule has 5 aliphatic rings. The summed E-state index contributed by atoms with van der Waals surface area (Å²) < 4.78 is 0. The predicted octanol–water partition coefficient (Wildman–Crippen LogP) is 10.4. The van der Waals surface area contributed by atoms with Crippen molar-refractivity contribution < 1.29 is 24.6 Å². The van der Waals surface area contributed by atoms with E-state index in [1.54, 1.807) is 12.1 Å². The van der Waals surface area contributed by atoms with E-state index in [1.807, 2.05) is 47.4 Å². The largest absolute Gasteiger partial charge is 0.480 e. The van der Waals surface area contributed by atoms with Crippen molar-refractivity contribution in [1.82, 2.24) is 5.32 Å². The van der Waals surface area contributed by atoms with Gasteiger partial charge in [-0.3, -0.25) is 9.59 Å². The number of nitrogens with zero attached hydrogens (tertiary/aromatic N) is 1. The first kappa shape index (κ1) is 39.6. The number of hydrogen-bond donors (Lipinski definition) is 3. The number of aliphatic carboxylic acids is 1. The molecular formula is C48H66N2O5. The number of hydrogen-bond acceptors (Lipinski definition) is 4. The molecule has 298 valence electrons. The summed E-state index contributed by atoms with van der Waals surface area (Å²) >= 11 is 0. The van der Waals surface area contributed by atoms with E-state index >= 15 is 0 Å².